The maximum atomic E-state index is 12.7. The highest BCUT2D eigenvalue weighted by atomic mass is 32.2. The summed E-state index contributed by atoms with van der Waals surface area (Å²) in [6, 6.07) is 11.4. The van der Waals surface area contributed by atoms with Crippen molar-refractivity contribution in [2.24, 2.45) is 0 Å². The molecule has 144 valence electrons. The number of carbonyl (C=O) groups excluding carboxylic acids is 2. The molecule has 1 heterocycles. The summed E-state index contributed by atoms with van der Waals surface area (Å²) < 4.78 is 1.80. The standard InChI is InChI=1S/C21H22N4O2S/c1-13-8-15(3)19(9-14(13)2)20(27)11-28-21-24-22-12-25(21)18-7-5-6-17(10-18)23-16(4)26/h5-10,12H,11H2,1-4H3,(H,23,26). The number of nitrogens with zero attached hydrogens (tertiary/aromatic N) is 3. The van der Waals surface area contributed by atoms with Gasteiger partial charge in [0.25, 0.3) is 0 Å². The number of thioether (sulfide) groups is 1. The predicted octanol–water partition coefficient (Wildman–Crippen LogP) is 4.13. The second-order valence-electron chi connectivity index (χ2n) is 6.68. The summed E-state index contributed by atoms with van der Waals surface area (Å²) >= 11 is 1.34. The molecule has 1 N–H and O–H groups in total. The SMILES string of the molecule is CC(=O)Nc1cccc(-n2cnnc2SCC(=O)c2cc(C)c(C)cc2C)c1. The lowest BCUT2D eigenvalue weighted by molar-refractivity contribution is -0.114. The van der Waals surface area contributed by atoms with Gasteiger partial charge in [0.15, 0.2) is 10.9 Å². The van der Waals surface area contributed by atoms with Crippen LogP contribution in [0, 0.1) is 20.8 Å². The van der Waals surface area contributed by atoms with E-state index in [2.05, 4.69) is 15.5 Å². The zero-order valence-corrected chi connectivity index (χ0v) is 17.1. The van der Waals surface area contributed by atoms with Crippen LogP contribution in [0.15, 0.2) is 47.9 Å². The highest BCUT2D eigenvalue weighted by Crippen LogP contribution is 2.24. The summed E-state index contributed by atoms with van der Waals surface area (Å²) in [6.45, 7) is 7.48. The molecule has 28 heavy (non-hydrogen) atoms. The molecule has 7 heteroatoms. The van der Waals surface area contributed by atoms with Crippen LogP contribution < -0.4 is 5.32 Å². The van der Waals surface area contributed by atoms with E-state index in [4.69, 9.17) is 0 Å². The molecule has 0 aliphatic carbocycles. The van der Waals surface area contributed by atoms with Crippen molar-refractivity contribution in [3.63, 3.8) is 0 Å². The Morgan fingerprint density at radius 3 is 2.57 bits per heavy atom. The summed E-state index contributed by atoms with van der Waals surface area (Å²) in [6.07, 6.45) is 1.60. The van der Waals surface area contributed by atoms with Gasteiger partial charge in [-0.2, -0.15) is 0 Å². The summed E-state index contributed by atoms with van der Waals surface area (Å²) in [5.41, 5.74) is 5.52. The first-order chi connectivity index (χ1) is 13.3. The Kier molecular flexibility index (Phi) is 5.94. The third kappa shape index (κ3) is 4.48. The first-order valence-corrected chi connectivity index (χ1v) is 9.85. The van der Waals surface area contributed by atoms with Gasteiger partial charge in [0.05, 0.1) is 11.4 Å². The van der Waals surface area contributed by atoms with E-state index in [9.17, 15) is 9.59 Å². The second-order valence-corrected chi connectivity index (χ2v) is 7.62. The Morgan fingerprint density at radius 2 is 1.82 bits per heavy atom. The minimum absolute atomic E-state index is 0.0622. The van der Waals surface area contributed by atoms with E-state index in [1.54, 1.807) is 10.9 Å². The molecular formula is C21H22N4O2S. The summed E-state index contributed by atoms with van der Waals surface area (Å²) in [5, 5.41) is 11.5. The monoisotopic (exact) mass is 394 g/mol. The summed E-state index contributed by atoms with van der Waals surface area (Å²) in [5.74, 6) is 0.199. The zero-order valence-electron chi connectivity index (χ0n) is 16.3. The fraction of sp³-hybridized carbons (Fsp3) is 0.238. The van der Waals surface area contributed by atoms with E-state index in [0.717, 1.165) is 22.4 Å². The van der Waals surface area contributed by atoms with E-state index < -0.39 is 0 Å². The topological polar surface area (TPSA) is 76.9 Å². The molecule has 0 spiro atoms. The van der Waals surface area contributed by atoms with Gasteiger partial charge in [-0.3, -0.25) is 14.2 Å². The first-order valence-electron chi connectivity index (χ1n) is 8.87. The van der Waals surface area contributed by atoms with Crippen LogP contribution in [-0.2, 0) is 4.79 Å². The third-order valence-corrected chi connectivity index (χ3v) is 5.38. The van der Waals surface area contributed by atoms with E-state index in [0.29, 0.717) is 10.8 Å². The highest BCUT2D eigenvalue weighted by Gasteiger charge is 2.14. The van der Waals surface area contributed by atoms with Crippen molar-refractivity contribution >= 4 is 29.1 Å². The number of anilines is 1. The van der Waals surface area contributed by atoms with Gasteiger partial charge >= 0.3 is 0 Å². The predicted molar refractivity (Wildman–Crippen MR) is 111 cm³/mol. The van der Waals surface area contributed by atoms with Crippen LogP contribution in [0.5, 0.6) is 0 Å². The molecule has 0 atom stereocenters. The van der Waals surface area contributed by atoms with Gasteiger partial charge in [0, 0.05) is 18.2 Å². The van der Waals surface area contributed by atoms with Crippen molar-refractivity contribution in [2.45, 2.75) is 32.9 Å². The molecule has 1 aromatic heterocycles. The summed E-state index contributed by atoms with van der Waals surface area (Å²) in [4.78, 5) is 24.0. The van der Waals surface area contributed by atoms with Gasteiger partial charge in [0.2, 0.25) is 5.91 Å². The number of benzene rings is 2. The lowest BCUT2D eigenvalue weighted by Gasteiger charge is -2.10. The van der Waals surface area contributed by atoms with Crippen molar-refractivity contribution in [3.05, 3.63) is 65.0 Å². The molecular weight excluding hydrogens is 372 g/mol. The molecule has 3 rings (SSSR count). The van der Waals surface area contributed by atoms with Crippen molar-refractivity contribution in [3.8, 4) is 5.69 Å². The molecule has 0 saturated carbocycles. The number of carbonyl (C=O) groups is 2. The van der Waals surface area contributed by atoms with Crippen LogP contribution in [0.25, 0.3) is 5.69 Å². The van der Waals surface area contributed by atoms with Crippen molar-refractivity contribution < 1.29 is 9.59 Å². The Bertz CT molecular complexity index is 1040. The maximum Gasteiger partial charge on any atom is 0.221 e. The quantitative estimate of drug-likeness (QED) is 0.503. The molecule has 1 amide bonds. The fourth-order valence-electron chi connectivity index (χ4n) is 2.91. The molecule has 0 unspecified atom stereocenters. The number of hydrogen-bond donors (Lipinski definition) is 1. The number of ketones is 1. The lowest BCUT2D eigenvalue weighted by atomic mass is 9.99. The van der Waals surface area contributed by atoms with E-state index >= 15 is 0 Å². The van der Waals surface area contributed by atoms with Gasteiger partial charge in [0.1, 0.15) is 6.33 Å². The smallest absolute Gasteiger partial charge is 0.221 e. The Morgan fingerprint density at radius 1 is 1.07 bits per heavy atom. The van der Waals surface area contributed by atoms with E-state index in [-0.39, 0.29) is 17.4 Å². The number of hydrogen-bond acceptors (Lipinski definition) is 5. The van der Waals surface area contributed by atoms with Crippen LogP contribution >= 0.6 is 11.8 Å². The van der Waals surface area contributed by atoms with Gasteiger partial charge < -0.3 is 5.32 Å². The lowest BCUT2D eigenvalue weighted by Crippen LogP contribution is -2.08. The number of Topliss-reactive ketones (excluding diaryl/α,β-unsaturated/α-hetero) is 1. The van der Waals surface area contributed by atoms with Crippen LogP contribution in [0.4, 0.5) is 5.69 Å². The Labute approximate surface area is 168 Å². The molecule has 0 bridgehead atoms. The van der Waals surface area contributed by atoms with Crippen LogP contribution in [0.2, 0.25) is 0 Å². The molecule has 0 aliphatic heterocycles. The molecule has 0 fully saturated rings. The minimum atomic E-state index is -0.134. The second kappa shape index (κ2) is 8.39. The molecule has 6 nitrogen and oxygen atoms in total. The largest absolute Gasteiger partial charge is 0.326 e. The number of nitrogens with one attached hydrogen (secondary N) is 1. The average Bonchev–Trinajstić information content (AvgIpc) is 3.11. The van der Waals surface area contributed by atoms with E-state index in [1.165, 1.54) is 24.2 Å². The average molecular weight is 395 g/mol. The van der Waals surface area contributed by atoms with Gasteiger partial charge in [-0.1, -0.05) is 23.9 Å². The number of aromatic nitrogens is 3. The fourth-order valence-corrected chi connectivity index (χ4v) is 3.72. The zero-order chi connectivity index (χ0) is 20.3. The molecule has 0 saturated heterocycles. The van der Waals surface area contributed by atoms with Gasteiger partial charge in [-0.05, 0) is 61.7 Å². The highest BCUT2D eigenvalue weighted by molar-refractivity contribution is 7.99. The van der Waals surface area contributed by atoms with Crippen molar-refractivity contribution in [1.82, 2.24) is 14.8 Å². The minimum Gasteiger partial charge on any atom is -0.326 e. The van der Waals surface area contributed by atoms with Gasteiger partial charge in [-0.25, -0.2) is 0 Å². The van der Waals surface area contributed by atoms with Crippen molar-refractivity contribution in [1.29, 1.82) is 0 Å². The number of amides is 1. The molecule has 0 aliphatic rings. The van der Waals surface area contributed by atoms with Crippen LogP contribution in [0.3, 0.4) is 0 Å². The van der Waals surface area contributed by atoms with Gasteiger partial charge in [-0.15, -0.1) is 10.2 Å². The molecule has 3 aromatic rings. The first kappa shape index (κ1) is 19.8. The van der Waals surface area contributed by atoms with E-state index in [1.807, 2.05) is 57.2 Å². The Hall–Kier alpha value is -2.93. The normalized spacial score (nSPS) is 10.7. The van der Waals surface area contributed by atoms with Crippen LogP contribution in [0.1, 0.15) is 34.0 Å². The van der Waals surface area contributed by atoms with Crippen molar-refractivity contribution in [2.75, 3.05) is 11.1 Å². The molecule has 0 radical (unpaired) electrons. The van der Waals surface area contributed by atoms with Crippen LogP contribution in [-0.4, -0.2) is 32.2 Å². The number of aryl methyl sites for hydroxylation is 3. The summed E-state index contributed by atoms with van der Waals surface area (Å²) in [7, 11) is 0. The third-order valence-electron chi connectivity index (χ3n) is 4.43. The maximum absolute atomic E-state index is 12.7. The Balaban J connectivity index is 1.77. The number of rotatable bonds is 6. The molecule has 2 aromatic carbocycles.